The van der Waals surface area contributed by atoms with E-state index in [2.05, 4.69) is 24.3 Å². The number of benzene rings is 1. The molecule has 1 amide bonds. The Balaban J connectivity index is 1.52. The second-order valence-corrected chi connectivity index (χ2v) is 7.05. The smallest absolute Gasteiger partial charge is 0.410 e. The van der Waals surface area contributed by atoms with Gasteiger partial charge in [-0.3, -0.25) is 0 Å². The van der Waals surface area contributed by atoms with E-state index in [-0.39, 0.29) is 12.2 Å². The van der Waals surface area contributed by atoms with Gasteiger partial charge in [-0.05, 0) is 12.0 Å². The Kier molecular flexibility index (Phi) is 5.62. The van der Waals surface area contributed by atoms with Crippen molar-refractivity contribution in [1.29, 1.82) is 0 Å². The lowest BCUT2D eigenvalue weighted by Gasteiger charge is -2.26. The van der Waals surface area contributed by atoms with Crippen molar-refractivity contribution in [3.8, 4) is 0 Å². The average Bonchev–Trinajstić information content (AvgIpc) is 2.83. The fourth-order valence-corrected chi connectivity index (χ4v) is 4.13. The third kappa shape index (κ3) is 4.17. The van der Waals surface area contributed by atoms with Crippen molar-refractivity contribution in [2.75, 3.05) is 32.1 Å². The Labute approximate surface area is 136 Å². The molecule has 0 radical (unpaired) electrons. The molecule has 0 N–H and O–H groups in total. The molecule has 4 nitrogen and oxygen atoms in total. The molecule has 3 rings (SSSR count). The van der Waals surface area contributed by atoms with Gasteiger partial charge in [0.15, 0.2) is 0 Å². The van der Waals surface area contributed by atoms with Crippen LogP contribution in [0.5, 0.6) is 0 Å². The van der Waals surface area contributed by atoms with Crippen molar-refractivity contribution in [3.63, 3.8) is 0 Å². The van der Waals surface area contributed by atoms with Crippen LogP contribution in [0, 0.1) is 0 Å². The summed E-state index contributed by atoms with van der Waals surface area (Å²) in [5.74, 6) is 0.961. The minimum absolute atomic E-state index is 0.0297. The predicted molar refractivity (Wildman–Crippen MR) is 88.2 cm³/mol. The number of carbonyl (C=O) groups is 1. The van der Waals surface area contributed by atoms with Crippen LogP contribution in [0.2, 0.25) is 0 Å². The summed E-state index contributed by atoms with van der Waals surface area (Å²) in [4.78, 5) is 14.2. The first-order valence-corrected chi connectivity index (χ1v) is 9.07. The van der Waals surface area contributed by atoms with Crippen LogP contribution in [-0.2, 0) is 9.47 Å². The Morgan fingerprint density at radius 3 is 2.68 bits per heavy atom. The molecular weight excluding hydrogens is 298 g/mol. The van der Waals surface area contributed by atoms with E-state index in [1.54, 1.807) is 0 Å². The van der Waals surface area contributed by atoms with E-state index in [1.807, 2.05) is 22.7 Å². The molecule has 0 aliphatic carbocycles. The monoisotopic (exact) mass is 321 g/mol. The van der Waals surface area contributed by atoms with E-state index < -0.39 is 0 Å². The zero-order valence-electron chi connectivity index (χ0n) is 12.8. The zero-order valence-corrected chi connectivity index (χ0v) is 13.6. The van der Waals surface area contributed by atoms with Gasteiger partial charge in [0.25, 0.3) is 0 Å². The maximum absolute atomic E-state index is 12.3. The third-order valence-corrected chi connectivity index (χ3v) is 5.54. The van der Waals surface area contributed by atoms with Crippen molar-refractivity contribution in [2.45, 2.75) is 30.6 Å². The van der Waals surface area contributed by atoms with Gasteiger partial charge >= 0.3 is 6.09 Å². The van der Waals surface area contributed by atoms with Gasteiger partial charge in [-0.1, -0.05) is 30.3 Å². The molecule has 5 heteroatoms. The molecule has 1 aromatic carbocycles. The Hall–Kier alpha value is -1.20. The fourth-order valence-electron chi connectivity index (χ4n) is 2.90. The molecule has 2 heterocycles. The van der Waals surface area contributed by atoms with E-state index in [4.69, 9.17) is 9.47 Å². The van der Waals surface area contributed by atoms with Crippen LogP contribution in [0.25, 0.3) is 0 Å². The largest absolute Gasteiger partial charge is 0.446 e. The van der Waals surface area contributed by atoms with Gasteiger partial charge in [-0.15, -0.1) is 0 Å². The van der Waals surface area contributed by atoms with Gasteiger partial charge in [-0.2, -0.15) is 11.8 Å². The number of carbonyl (C=O) groups excluding carboxylic acids is 1. The van der Waals surface area contributed by atoms with E-state index in [0.29, 0.717) is 18.5 Å². The third-order valence-electron chi connectivity index (χ3n) is 4.21. The first kappa shape index (κ1) is 15.7. The van der Waals surface area contributed by atoms with Gasteiger partial charge in [0, 0.05) is 36.9 Å². The number of nitrogens with zero attached hydrogens (tertiary/aromatic N) is 1. The van der Waals surface area contributed by atoms with Gasteiger partial charge in [0.05, 0.1) is 13.2 Å². The molecule has 0 aromatic heterocycles. The molecule has 0 bridgehead atoms. The number of ether oxygens (including phenoxy) is 2. The summed E-state index contributed by atoms with van der Waals surface area (Å²) in [6.45, 7) is 2.94. The summed E-state index contributed by atoms with van der Waals surface area (Å²) in [5, 5.41) is 0.474. The molecule has 0 saturated carbocycles. The van der Waals surface area contributed by atoms with Gasteiger partial charge in [0.2, 0.25) is 0 Å². The predicted octanol–water partition coefficient (Wildman–Crippen LogP) is 3.48. The number of hydrogen-bond acceptors (Lipinski definition) is 4. The van der Waals surface area contributed by atoms with Crippen molar-refractivity contribution in [1.82, 2.24) is 4.90 Å². The molecule has 1 aromatic rings. The van der Waals surface area contributed by atoms with E-state index in [9.17, 15) is 4.79 Å². The SMILES string of the molecule is O=C(OC1CCOCC1)N1CCSC(c2ccccc2)CC1. The van der Waals surface area contributed by atoms with Crippen LogP contribution in [0.3, 0.4) is 0 Å². The van der Waals surface area contributed by atoms with Crippen molar-refractivity contribution >= 4 is 17.9 Å². The molecule has 22 heavy (non-hydrogen) atoms. The molecule has 2 saturated heterocycles. The van der Waals surface area contributed by atoms with Crippen LogP contribution in [0.4, 0.5) is 4.79 Å². The minimum atomic E-state index is -0.152. The summed E-state index contributed by atoms with van der Waals surface area (Å²) in [7, 11) is 0. The van der Waals surface area contributed by atoms with Crippen LogP contribution in [0.15, 0.2) is 30.3 Å². The average molecular weight is 321 g/mol. The summed E-state index contributed by atoms with van der Waals surface area (Å²) < 4.78 is 10.9. The van der Waals surface area contributed by atoms with E-state index in [0.717, 1.165) is 38.1 Å². The van der Waals surface area contributed by atoms with Crippen molar-refractivity contribution in [2.24, 2.45) is 0 Å². The summed E-state index contributed by atoms with van der Waals surface area (Å²) in [6.07, 6.45) is 2.50. The van der Waals surface area contributed by atoms with Gasteiger partial charge in [-0.25, -0.2) is 4.79 Å². The Bertz CT molecular complexity index is 476. The lowest BCUT2D eigenvalue weighted by Crippen LogP contribution is -2.37. The highest BCUT2D eigenvalue weighted by molar-refractivity contribution is 7.99. The summed E-state index contributed by atoms with van der Waals surface area (Å²) in [6, 6.07) is 10.6. The lowest BCUT2D eigenvalue weighted by atomic mass is 10.1. The second kappa shape index (κ2) is 7.88. The first-order chi connectivity index (χ1) is 10.8. The maximum atomic E-state index is 12.3. The normalized spacial score (nSPS) is 23.8. The highest BCUT2D eigenvalue weighted by Gasteiger charge is 2.25. The molecule has 2 aliphatic heterocycles. The molecular formula is C17H23NO3S. The first-order valence-electron chi connectivity index (χ1n) is 8.03. The van der Waals surface area contributed by atoms with E-state index in [1.165, 1.54) is 5.56 Å². The van der Waals surface area contributed by atoms with Crippen molar-refractivity contribution < 1.29 is 14.3 Å². The Morgan fingerprint density at radius 2 is 1.91 bits per heavy atom. The van der Waals surface area contributed by atoms with Crippen LogP contribution in [0.1, 0.15) is 30.1 Å². The second-order valence-electron chi connectivity index (χ2n) is 5.74. The topological polar surface area (TPSA) is 38.8 Å². The number of amides is 1. The molecule has 0 spiro atoms. The minimum Gasteiger partial charge on any atom is -0.446 e. The number of rotatable bonds is 2. The Morgan fingerprint density at radius 1 is 1.14 bits per heavy atom. The quantitative estimate of drug-likeness (QED) is 0.836. The highest BCUT2D eigenvalue weighted by Crippen LogP contribution is 2.34. The number of hydrogen-bond donors (Lipinski definition) is 0. The molecule has 1 unspecified atom stereocenters. The van der Waals surface area contributed by atoms with Gasteiger partial charge < -0.3 is 14.4 Å². The van der Waals surface area contributed by atoms with E-state index >= 15 is 0 Å². The molecule has 2 fully saturated rings. The molecule has 1 atom stereocenters. The molecule has 2 aliphatic rings. The van der Waals surface area contributed by atoms with Gasteiger partial charge in [0.1, 0.15) is 6.10 Å². The highest BCUT2D eigenvalue weighted by atomic mass is 32.2. The summed E-state index contributed by atoms with van der Waals surface area (Å²) >= 11 is 1.93. The van der Waals surface area contributed by atoms with Crippen LogP contribution >= 0.6 is 11.8 Å². The maximum Gasteiger partial charge on any atom is 0.410 e. The number of thioether (sulfide) groups is 1. The lowest BCUT2D eigenvalue weighted by molar-refractivity contribution is -0.00961. The van der Waals surface area contributed by atoms with Crippen LogP contribution < -0.4 is 0 Å². The zero-order chi connectivity index (χ0) is 15.2. The van der Waals surface area contributed by atoms with Crippen molar-refractivity contribution in [3.05, 3.63) is 35.9 Å². The fraction of sp³-hybridized carbons (Fsp3) is 0.588. The summed E-state index contributed by atoms with van der Waals surface area (Å²) in [5.41, 5.74) is 1.35. The molecule has 120 valence electrons. The standard InChI is InChI=1S/C17H23NO3S/c19-17(21-15-7-11-20-12-8-15)18-9-6-16(22-13-10-18)14-4-2-1-3-5-14/h1-5,15-16H,6-13H2. The van der Waals surface area contributed by atoms with Crippen LogP contribution in [-0.4, -0.2) is 49.2 Å².